The maximum absolute atomic E-state index is 11.8. The largest absolute Gasteiger partial charge is 0.478 e. The first kappa shape index (κ1) is 20.7. The highest BCUT2D eigenvalue weighted by molar-refractivity contribution is 5.99. The fourth-order valence-electron chi connectivity index (χ4n) is 5.62. The average Bonchev–Trinajstić information content (AvgIpc) is 3.13. The van der Waals surface area contributed by atoms with Crippen LogP contribution in [0.15, 0.2) is 48.7 Å². The quantitative estimate of drug-likeness (QED) is 0.364. The van der Waals surface area contributed by atoms with Crippen LogP contribution in [0.2, 0.25) is 0 Å². The number of hydrogen-bond acceptors (Lipinski definition) is 2. The molecular formula is C28H30N2O2. The Morgan fingerprint density at radius 1 is 1.09 bits per heavy atom. The number of aryl methyl sites for hydroxylation is 2. The van der Waals surface area contributed by atoms with Gasteiger partial charge in [0.2, 0.25) is 0 Å². The molecule has 0 unspecified atom stereocenters. The minimum absolute atomic E-state index is 0.355. The first-order valence-corrected chi connectivity index (χ1v) is 11.8. The minimum atomic E-state index is -0.870. The van der Waals surface area contributed by atoms with Gasteiger partial charge >= 0.3 is 5.97 Å². The fraction of sp³-hybridized carbons (Fsp3) is 0.357. The van der Waals surface area contributed by atoms with Crippen LogP contribution in [-0.4, -0.2) is 20.6 Å². The number of pyridine rings is 1. The molecule has 4 aromatic rings. The van der Waals surface area contributed by atoms with E-state index in [2.05, 4.69) is 47.7 Å². The molecule has 0 saturated heterocycles. The molecule has 32 heavy (non-hydrogen) atoms. The van der Waals surface area contributed by atoms with E-state index in [1.165, 1.54) is 65.3 Å². The van der Waals surface area contributed by atoms with Crippen LogP contribution in [0, 0.1) is 6.92 Å². The van der Waals surface area contributed by atoms with Crippen LogP contribution in [0.4, 0.5) is 0 Å². The van der Waals surface area contributed by atoms with E-state index in [1.54, 1.807) is 6.07 Å². The van der Waals surface area contributed by atoms with Crippen molar-refractivity contribution in [3.63, 3.8) is 0 Å². The Labute approximate surface area is 188 Å². The van der Waals surface area contributed by atoms with Crippen molar-refractivity contribution in [2.24, 2.45) is 0 Å². The molecule has 1 fully saturated rings. The van der Waals surface area contributed by atoms with Crippen molar-refractivity contribution in [1.29, 1.82) is 0 Å². The SMILES string of the molecule is CCCn1c(-c2ccc3ncccc3c2C)c(C2CCCCC2)c2ccc(C(=O)O)cc21. The Morgan fingerprint density at radius 3 is 2.66 bits per heavy atom. The Bertz CT molecular complexity index is 1310. The first-order valence-electron chi connectivity index (χ1n) is 11.8. The number of rotatable bonds is 5. The average molecular weight is 427 g/mol. The van der Waals surface area contributed by atoms with Gasteiger partial charge in [0, 0.05) is 34.6 Å². The molecule has 2 heterocycles. The minimum Gasteiger partial charge on any atom is -0.478 e. The number of carboxylic acids is 1. The lowest BCUT2D eigenvalue weighted by Crippen LogP contribution is -2.08. The second kappa shape index (κ2) is 8.42. The number of carbonyl (C=O) groups is 1. The number of carboxylic acid groups (broad SMARTS) is 1. The van der Waals surface area contributed by atoms with Crippen LogP contribution in [0.1, 0.15) is 72.9 Å². The van der Waals surface area contributed by atoms with Gasteiger partial charge in [-0.1, -0.05) is 44.4 Å². The molecule has 2 aromatic carbocycles. The molecule has 2 aromatic heterocycles. The van der Waals surface area contributed by atoms with Gasteiger partial charge in [0.15, 0.2) is 0 Å². The van der Waals surface area contributed by atoms with E-state index < -0.39 is 5.97 Å². The van der Waals surface area contributed by atoms with Crippen LogP contribution in [0.5, 0.6) is 0 Å². The van der Waals surface area contributed by atoms with Gasteiger partial charge in [-0.15, -0.1) is 0 Å². The zero-order chi connectivity index (χ0) is 22.2. The van der Waals surface area contributed by atoms with Crippen molar-refractivity contribution >= 4 is 27.8 Å². The summed E-state index contributed by atoms with van der Waals surface area (Å²) in [6, 6.07) is 14.2. The Hall–Kier alpha value is -3.14. The van der Waals surface area contributed by atoms with E-state index in [9.17, 15) is 9.90 Å². The van der Waals surface area contributed by atoms with E-state index in [1.807, 2.05) is 18.3 Å². The zero-order valence-corrected chi connectivity index (χ0v) is 18.9. The van der Waals surface area contributed by atoms with Gasteiger partial charge in [-0.3, -0.25) is 4.98 Å². The zero-order valence-electron chi connectivity index (χ0n) is 18.9. The summed E-state index contributed by atoms with van der Waals surface area (Å²) in [6.45, 7) is 5.25. The number of aromatic carboxylic acids is 1. The summed E-state index contributed by atoms with van der Waals surface area (Å²) in [7, 11) is 0. The monoisotopic (exact) mass is 426 g/mol. The molecule has 4 nitrogen and oxygen atoms in total. The Kier molecular flexibility index (Phi) is 5.46. The molecule has 1 saturated carbocycles. The Balaban J connectivity index is 1.86. The maximum atomic E-state index is 11.8. The first-order chi connectivity index (χ1) is 15.6. The van der Waals surface area contributed by atoms with Crippen LogP contribution in [0.3, 0.4) is 0 Å². The van der Waals surface area contributed by atoms with Gasteiger partial charge in [-0.2, -0.15) is 0 Å². The fourth-order valence-corrected chi connectivity index (χ4v) is 5.62. The van der Waals surface area contributed by atoms with Crippen molar-refractivity contribution < 1.29 is 9.90 Å². The molecule has 164 valence electrons. The van der Waals surface area contributed by atoms with E-state index in [4.69, 9.17) is 0 Å². The summed E-state index contributed by atoms with van der Waals surface area (Å²) >= 11 is 0. The van der Waals surface area contributed by atoms with Gasteiger partial charge in [0.05, 0.1) is 16.8 Å². The molecule has 4 heteroatoms. The molecule has 0 aliphatic heterocycles. The highest BCUT2D eigenvalue weighted by atomic mass is 16.4. The third kappa shape index (κ3) is 3.38. The van der Waals surface area contributed by atoms with Crippen molar-refractivity contribution in [2.75, 3.05) is 0 Å². The molecule has 1 aliphatic rings. The molecule has 0 bridgehead atoms. The lowest BCUT2D eigenvalue weighted by Gasteiger charge is -2.24. The van der Waals surface area contributed by atoms with Crippen LogP contribution < -0.4 is 0 Å². The van der Waals surface area contributed by atoms with Crippen molar-refractivity contribution in [2.45, 2.75) is 64.8 Å². The van der Waals surface area contributed by atoms with Crippen LogP contribution >= 0.6 is 0 Å². The molecule has 0 spiro atoms. The lowest BCUT2D eigenvalue weighted by atomic mass is 9.81. The van der Waals surface area contributed by atoms with Gasteiger partial charge in [-0.25, -0.2) is 4.79 Å². The number of hydrogen-bond donors (Lipinski definition) is 1. The van der Waals surface area contributed by atoms with Gasteiger partial charge in [0.1, 0.15) is 0 Å². The molecular weight excluding hydrogens is 396 g/mol. The molecule has 1 N–H and O–H groups in total. The summed E-state index contributed by atoms with van der Waals surface area (Å²) in [5.41, 5.74) is 7.59. The second-order valence-corrected chi connectivity index (χ2v) is 9.09. The molecule has 0 radical (unpaired) electrons. The summed E-state index contributed by atoms with van der Waals surface area (Å²) < 4.78 is 2.39. The van der Waals surface area contributed by atoms with Crippen molar-refractivity contribution in [3.8, 4) is 11.3 Å². The topological polar surface area (TPSA) is 55.1 Å². The smallest absolute Gasteiger partial charge is 0.335 e. The van der Waals surface area contributed by atoms with E-state index in [0.29, 0.717) is 11.5 Å². The number of benzene rings is 2. The predicted molar refractivity (Wildman–Crippen MR) is 130 cm³/mol. The third-order valence-corrected chi connectivity index (χ3v) is 7.12. The van der Waals surface area contributed by atoms with E-state index >= 15 is 0 Å². The highest BCUT2D eigenvalue weighted by Gasteiger charge is 2.27. The number of aromatic nitrogens is 2. The van der Waals surface area contributed by atoms with Crippen molar-refractivity contribution in [3.05, 3.63) is 65.4 Å². The predicted octanol–water partition coefficient (Wildman–Crippen LogP) is 7.32. The molecule has 0 atom stereocenters. The number of nitrogens with zero attached hydrogens (tertiary/aromatic N) is 2. The van der Waals surface area contributed by atoms with Gasteiger partial charge < -0.3 is 9.67 Å². The summed E-state index contributed by atoms with van der Waals surface area (Å²) in [6.07, 6.45) is 9.07. The lowest BCUT2D eigenvalue weighted by molar-refractivity contribution is 0.0697. The second-order valence-electron chi connectivity index (χ2n) is 9.09. The van der Waals surface area contributed by atoms with Crippen LogP contribution in [-0.2, 0) is 6.54 Å². The van der Waals surface area contributed by atoms with Gasteiger partial charge in [0.25, 0.3) is 0 Å². The molecule has 0 amide bonds. The normalized spacial score (nSPS) is 14.9. The molecule has 5 rings (SSSR count). The highest BCUT2D eigenvalue weighted by Crippen LogP contribution is 2.45. The molecule has 1 aliphatic carbocycles. The van der Waals surface area contributed by atoms with Crippen LogP contribution in [0.25, 0.3) is 33.1 Å². The summed E-state index contributed by atoms with van der Waals surface area (Å²) in [5, 5.41) is 12.1. The summed E-state index contributed by atoms with van der Waals surface area (Å²) in [4.78, 5) is 16.3. The maximum Gasteiger partial charge on any atom is 0.335 e. The van der Waals surface area contributed by atoms with Crippen molar-refractivity contribution in [1.82, 2.24) is 9.55 Å². The third-order valence-electron chi connectivity index (χ3n) is 7.12. The Morgan fingerprint density at radius 2 is 1.91 bits per heavy atom. The van der Waals surface area contributed by atoms with Gasteiger partial charge in [-0.05, 0) is 67.5 Å². The number of fused-ring (bicyclic) bond motifs is 2. The van der Waals surface area contributed by atoms with E-state index in [-0.39, 0.29) is 0 Å². The van der Waals surface area contributed by atoms with E-state index in [0.717, 1.165) is 24.0 Å². The standard InChI is InChI=1S/C28H30N2O2/c1-3-16-30-25-17-20(28(31)32)11-12-23(25)26(19-8-5-4-6-9-19)27(30)22-13-14-24-21(18(22)2)10-7-15-29-24/h7,10-15,17,19H,3-6,8-9,16H2,1-2H3,(H,31,32). The summed E-state index contributed by atoms with van der Waals surface area (Å²) in [5.74, 6) is -0.357.